The van der Waals surface area contributed by atoms with Crippen LogP contribution < -0.4 is 4.90 Å². The number of aryl methyl sites for hydroxylation is 1. The molecule has 0 spiro atoms. The summed E-state index contributed by atoms with van der Waals surface area (Å²) in [6.07, 6.45) is 7.98. The lowest BCUT2D eigenvalue weighted by atomic mass is 9.98. The van der Waals surface area contributed by atoms with Crippen LogP contribution in [0.1, 0.15) is 60.4 Å². The molecule has 0 radical (unpaired) electrons. The molecule has 2 saturated heterocycles. The highest BCUT2D eigenvalue weighted by Gasteiger charge is 2.32. The lowest BCUT2D eigenvalue weighted by Crippen LogP contribution is -2.39. The van der Waals surface area contributed by atoms with E-state index < -0.39 is 0 Å². The first-order chi connectivity index (χ1) is 16.6. The van der Waals surface area contributed by atoms with E-state index >= 15 is 0 Å². The van der Waals surface area contributed by atoms with Crippen LogP contribution in [0.2, 0.25) is 0 Å². The van der Waals surface area contributed by atoms with Crippen LogP contribution in [0.25, 0.3) is 16.4 Å². The number of carbonyl (C=O) groups excluding carboxylic acids is 1. The summed E-state index contributed by atoms with van der Waals surface area (Å²) >= 11 is 0. The van der Waals surface area contributed by atoms with Gasteiger partial charge in [0.05, 0.1) is 11.7 Å². The smallest absolute Gasteiger partial charge is 0.273 e. The highest BCUT2D eigenvalue weighted by atomic mass is 16.2. The molecule has 2 atom stereocenters. The highest BCUT2D eigenvalue weighted by molar-refractivity contribution is 6.05. The number of pyridine rings is 1. The van der Waals surface area contributed by atoms with Crippen molar-refractivity contribution in [2.75, 3.05) is 24.5 Å². The molecule has 34 heavy (non-hydrogen) atoms. The Balaban J connectivity index is 1.35. The monoisotopic (exact) mass is 454 g/mol. The van der Waals surface area contributed by atoms with Crippen molar-refractivity contribution in [3.05, 3.63) is 65.7 Å². The van der Waals surface area contributed by atoms with Gasteiger partial charge in [-0.25, -0.2) is 9.50 Å². The lowest BCUT2D eigenvalue weighted by molar-refractivity contribution is 0.0602. The van der Waals surface area contributed by atoms with Gasteiger partial charge in [-0.05, 0) is 50.0 Å². The quantitative estimate of drug-likeness (QED) is 0.445. The minimum Gasteiger partial charge on any atom is -0.356 e. The second-order valence-electron chi connectivity index (χ2n) is 9.85. The largest absolute Gasteiger partial charge is 0.356 e. The van der Waals surface area contributed by atoms with Crippen LogP contribution >= 0.6 is 0 Å². The summed E-state index contributed by atoms with van der Waals surface area (Å²) in [5.74, 6) is 1.73. The average Bonchev–Trinajstić information content (AvgIpc) is 3.48. The van der Waals surface area contributed by atoms with E-state index in [1.54, 1.807) is 6.20 Å². The van der Waals surface area contributed by atoms with E-state index in [1.807, 2.05) is 39.7 Å². The Hall–Kier alpha value is -3.48. The van der Waals surface area contributed by atoms with Crippen LogP contribution in [0, 0.1) is 12.8 Å². The van der Waals surface area contributed by atoms with Gasteiger partial charge in [0.15, 0.2) is 5.65 Å². The van der Waals surface area contributed by atoms with Crippen molar-refractivity contribution in [1.82, 2.24) is 24.5 Å². The van der Waals surface area contributed by atoms with Crippen molar-refractivity contribution in [2.45, 2.75) is 45.6 Å². The highest BCUT2D eigenvalue weighted by Crippen LogP contribution is 2.33. The predicted molar refractivity (Wildman–Crippen MR) is 133 cm³/mol. The molecule has 2 aliphatic heterocycles. The number of anilines is 1. The zero-order valence-corrected chi connectivity index (χ0v) is 19.8. The van der Waals surface area contributed by atoms with Crippen molar-refractivity contribution < 1.29 is 4.79 Å². The fraction of sp³-hybridized carbons (Fsp3) is 0.407. The van der Waals surface area contributed by atoms with Gasteiger partial charge in [-0.3, -0.25) is 9.78 Å². The summed E-state index contributed by atoms with van der Waals surface area (Å²) < 4.78 is 1.88. The molecule has 3 aromatic heterocycles. The van der Waals surface area contributed by atoms with Crippen LogP contribution in [0.4, 0.5) is 5.82 Å². The van der Waals surface area contributed by atoms with E-state index in [2.05, 4.69) is 36.0 Å². The molecule has 0 aliphatic carbocycles. The number of rotatable bonds is 3. The fourth-order valence-electron chi connectivity index (χ4n) is 5.54. The number of fused-ring (bicyclic) bond motifs is 2. The molecule has 5 heterocycles. The van der Waals surface area contributed by atoms with Crippen molar-refractivity contribution in [3.63, 3.8) is 0 Å². The third-order valence-electron chi connectivity index (χ3n) is 7.33. The SMILES string of the molecule is Cc1cn2nc([C@@H]3CCCCN3C(=O)c3nccc4ccccc34)cc2nc1N1CC[C@H](C)C1. The summed E-state index contributed by atoms with van der Waals surface area (Å²) in [7, 11) is 0. The van der Waals surface area contributed by atoms with E-state index in [9.17, 15) is 4.79 Å². The first-order valence-corrected chi connectivity index (χ1v) is 12.3. The standard InChI is InChI=1S/C27H30N6O/c1-18-11-14-31(16-18)26-19(2)17-33-24(29-26)15-22(30-33)23-9-5-6-13-32(23)27(34)25-21-8-4-3-7-20(21)10-12-28-25/h3-4,7-8,10,12,15,17-18,23H,5-6,9,11,13-14,16H2,1-2H3/t18-,23-/m0/s1. The van der Waals surface area contributed by atoms with Gasteiger partial charge in [0.25, 0.3) is 5.91 Å². The van der Waals surface area contributed by atoms with Gasteiger partial charge in [0.1, 0.15) is 11.5 Å². The third kappa shape index (κ3) is 3.59. The van der Waals surface area contributed by atoms with Crippen molar-refractivity contribution in [3.8, 4) is 0 Å². The van der Waals surface area contributed by atoms with Gasteiger partial charge >= 0.3 is 0 Å². The molecule has 1 amide bonds. The molecule has 0 unspecified atom stereocenters. The maximum absolute atomic E-state index is 13.7. The first kappa shape index (κ1) is 21.1. The molecule has 7 heteroatoms. The zero-order chi connectivity index (χ0) is 23.2. The third-order valence-corrected chi connectivity index (χ3v) is 7.33. The lowest BCUT2D eigenvalue weighted by Gasteiger charge is -2.34. The number of carbonyl (C=O) groups is 1. The topological polar surface area (TPSA) is 66.6 Å². The summed E-state index contributed by atoms with van der Waals surface area (Å²) in [5.41, 5.74) is 3.41. The van der Waals surface area contributed by atoms with E-state index in [0.29, 0.717) is 18.2 Å². The molecule has 174 valence electrons. The molecule has 0 saturated carbocycles. The summed E-state index contributed by atoms with van der Waals surface area (Å²) in [6.45, 7) is 7.22. The molecule has 7 nitrogen and oxygen atoms in total. The van der Waals surface area contributed by atoms with Gasteiger partial charge in [-0.1, -0.05) is 31.2 Å². The Morgan fingerprint density at radius 2 is 1.97 bits per heavy atom. The second kappa shape index (κ2) is 8.38. The normalized spacial score (nSPS) is 21.0. The van der Waals surface area contributed by atoms with Gasteiger partial charge in [0.2, 0.25) is 0 Å². The second-order valence-corrected chi connectivity index (χ2v) is 9.85. The van der Waals surface area contributed by atoms with Crippen LogP contribution in [0.5, 0.6) is 0 Å². The molecule has 0 N–H and O–H groups in total. The van der Waals surface area contributed by atoms with Crippen LogP contribution in [0.3, 0.4) is 0 Å². The Kier molecular flexibility index (Phi) is 5.20. The molecule has 2 aliphatic rings. The van der Waals surface area contributed by atoms with E-state index in [1.165, 1.54) is 6.42 Å². The number of benzene rings is 1. The Morgan fingerprint density at radius 3 is 2.82 bits per heavy atom. The number of hydrogen-bond donors (Lipinski definition) is 0. The van der Waals surface area contributed by atoms with Gasteiger partial charge in [0, 0.05) is 49.0 Å². The molecule has 0 bridgehead atoms. The Labute approximate surface area is 199 Å². The van der Waals surface area contributed by atoms with Crippen molar-refractivity contribution in [2.24, 2.45) is 5.92 Å². The average molecular weight is 455 g/mol. The molecular weight excluding hydrogens is 424 g/mol. The maximum Gasteiger partial charge on any atom is 0.273 e. The maximum atomic E-state index is 13.7. The number of aromatic nitrogens is 4. The van der Waals surface area contributed by atoms with Crippen LogP contribution in [0.15, 0.2) is 48.8 Å². The van der Waals surface area contributed by atoms with Crippen molar-refractivity contribution >= 4 is 28.1 Å². The van der Waals surface area contributed by atoms with E-state index in [4.69, 9.17) is 10.1 Å². The molecule has 4 aromatic rings. The van der Waals surface area contributed by atoms with Crippen LogP contribution in [-0.4, -0.2) is 50.0 Å². The molecule has 6 rings (SSSR count). The van der Waals surface area contributed by atoms with Crippen molar-refractivity contribution in [1.29, 1.82) is 0 Å². The minimum atomic E-state index is -0.0701. The van der Waals surface area contributed by atoms with E-state index in [0.717, 1.165) is 65.8 Å². The Bertz CT molecular complexity index is 1370. The minimum absolute atomic E-state index is 0.0190. The van der Waals surface area contributed by atoms with Gasteiger partial charge in [-0.15, -0.1) is 0 Å². The summed E-state index contributed by atoms with van der Waals surface area (Å²) in [5, 5.41) is 6.82. The van der Waals surface area contributed by atoms with Gasteiger partial charge in [-0.2, -0.15) is 5.10 Å². The fourth-order valence-corrected chi connectivity index (χ4v) is 5.54. The molecule has 1 aromatic carbocycles. The summed E-state index contributed by atoms with van der Waals surface area (Å²) in [6, 6.07) is 11.9. The summed E-state index contributed by atoms with van der Waals surface area (Å²) in [4.78, 5) is 27.6. The molecule has 2 fully saturated rings. The number of nitrogens with zero attached hydrogens (tertiary/aromatic N) is 6. The Morgan fingerprint density at radius 1 is 1.09 bits per heavy atom. The predicted octanol–water partition coefficient (Wildman–Crippen LogP) is 4.80. The zero-order valence-electron chi connectivity index (χ0n) is 19.8. The van der Waals surface area contributed by atoms with Crippen LogP contribution in [-0.2, 0) is 0 Å². The van der Waals surface area contributed by atoms with Gasteiger partial charge < -0.3 is 9.80 Å². The number of hydrogen-bond acceptors (Lipinski definition) is 5. The molecular formula is C27H30N6O. The number of amides is 1. The van der Waals surface area contributed by atoms with E-state index in [-0.39, 0.29) is 11.9 Å². The first-order valence-electron chi connectivity index (χ1n) is 12.3. The number of piperidine rings is 1. The number of likely N-dealkylation sites (tertiary alicyclic amines) is 1.